The zero-order valence-corrected chi connectivity index (χ0v) is 15.9. The molecule has 4 rings (SSSR count). The lowest BCUT2D eigenvalue weighted by molar-refractivity contribution is 0.0711. The van der Waals surface area contributed by atoms with Crippen LogP contribution in [0.4, 0.5) is 5.69 Å². The van der Waals surface area contributed by atoms with Gasteiger partial charge in [-0.1, -0.05) is 12.1 Å². The zero-order chi connectivity index (χ0) is 17.9. The molecule has 1 aromatic carbocycles. The predicted octanol–water partition coefficient (Wildman–Crippen LogP) is 4.02. The third kappa shape index (κ3) is 3.91. The average Bonchev–Trinajstić information content (AvgIpc) is 3.33. The number of aromatic nitrogens is 1. The van der Waals surface area contributed by atoms with Crippen LogP contribution in [0.15, 0.2) is 29.6 Å². The van der Waals surface area contributed by atoms with Gasteiger partial charge in [-0.15, -0.1) is 11.3 Å². The Balaban J connectivity index is 1.32. The molecule has 1 unspecified atom stereocenters. The number of anilines is 1. The van der Waals surface area contributed by atoms with Crippen LogP contribution in [-0.2, 0) is 4.74 Å². The van der Waals surface area contributed by atoms with Crippen molar-refractivity contribution in [2.45, 2.75) is 44.8 Å². The molecule has 0 aliphatic carbocycles. The van der Waals surface area contributed by atoms with Crippen molar-refractivity contribution < 1.29 is 9.53 Å². The molecule has 5 nitrogen and oxygen atoms in total. The molecule has 1 aromatic heterocycles. The number of benzene rings is 1. The van der Waals surface area contributed by atoms with Gasteiger partial charge in [0.1, 0.15) is 16.8 Å². The number of piperidine rings is 1. The lowest BCUT2D eigenvalue weighted by Gasteiger charge is -2.32. The third-order valence-electron chi connectivity index (χ3n) is 5.12. The number of nitrogens with one attached hydrogen (secondary N) is 1. The topological polar surface area (TPSA) is 54.5 Å². The molecule has 2 aliphatic heterocycles. The fraction of sp³-hybridized carbons (Fsp3) is 0.500. The van der Waals surface area contributed by atoms with Gasteiger partial charge in [-0.25, -0.2) is 4.98 Å². The third-order valence-corrected chi connectivity index (χ3v) is 6.05. The van der Waals surface area contributed by atoms with E-state index in [1.54, 1.807) is 11.3 Å². The Labute approximate surface area is 158 Å². The number of thiazole rings is 1. The molecule has 2 aliphatic rings. The summed E-state index contributed by atoms with van der Waals surface area (Å²) in [7, 11) is 0. The maximum Gasteiger partial charge on any atom is 0.273 e. The van der Waals surface area contributed by atoms with Crippen molar-refractivity contribution in [1.29, 1.82) is 0 Å². The van der Waals surface area contributed by atoms with E-state index in [0.717, 1.165) is 56.1 Å². The Morgan fingerprint density at radius 2 is 2.15 bits per heavy atom. The molecule has 0 saturated carbocycles. The lowest BCUT2D eigenvalue weighted by Crippen LogP contribution is -2.42. The first kappa shape index (κ1) is 17.5. The first-order valence-corrected chi connectivity index (χ1v) is 10.3. The summed E-state index contributed by atoms with van der Waals surface area (Å²) in [4.78, 5) is 19.2. The first-order valence-electron chi connectivity index (χ1n) is 9.38. The molecule has 0 bridgehead atoms. The molecule has 2 aromatic rings. The van der Waals surface area contributed by atoms with Crippen LogP contribution >= 0.6 is 11.3 Å². The fourth-order valence-electron chi connectivity index (χ4n) is 3.67. The van der Waals surface area contributed by atoms with Crippen LogP contribution in [0.25, 0.3) is 0 Å². The van der Waals surface area contributed by atoms with E-state index in [1.165, 1.54) is 5.56 Å². The van der Waals surface area contributed by atoms with Gasteiger partial charge in [0, 0.05) is 36.8 Å². The molecule has 1 amide bonds. The van der Waals surface area contributed by atoms with Crippen LogP contribution in [-0.4, -0.2) is 41.5 Å². The van der Waals surface area contributed by atoms with Gasteiger partial charge in [0.2, 0.25) is 0 Å². The van der Waals surface area contributed by atoms with Crippen LogP contribution in [0.5, 0.6) is 0 Å². The summed E-state index contributed by atoms with van der Waals surface area (Å²) in [5.41, 5.74) is 2.99. The molecule has 1 atom stereocenters. The van der Waals surface area contributed by atoms with Crippen LogP contribution in [0, 0.1) is 6.92 Å². The van der Waals surface area contributed by atoms with Gasteiger partial charge in [0.25, 0.3) is 5.91 Å². The monoisotopic (exact) mass is 371 g/mol. The zero-order valence-electron chi connectivity index (χ0n) is 15.1. The summed E-state index contributed by atoms with van der Waals surface area (Å²) in [6.07, 6.45) is 4.10. The summed E-state index contributed by atoms with van der Waals surface area (Å²) in [5, 5.41) is 6.43. The van der Waals surface area contributed by atoms with E-state index in [1.807, 2.05) is 10.3 Å². The molecule has 138 valence electrons. The fourth-order valence-corrected chi connectivity index (χ4v) is 4.54. The highest BCUT2D eigenvalue weighted by molar-refractivity contribution is 7.09. The molecule has 26 heavy (non-hydrogen) atoms. The number of aryl methyl sites for hydroxylation is 1. The van der Waals surface area contributed by atoms with E-state index >= 15 is 0 Å². The smallest absolute Gasteiger partial charge is 0.273 e. The lowest BCUT2D eigenvalue weighted by atomic mass is 10.0. The quantitative estimate of drug-likeness (QED) is 0.882. The van der Waals surface area contributed by atoms with Crippen molar-refractivity contribution in [3.63, 3.8) is 0 Å². The number of likely N-dealkylation sites (tertiary alicyclic amines) is 1. The summed E-state index contributed by atoms with van der Waals surface area (Å²) < 4.78 is 5.67. The van der Waals surface area contributed by atoms with Crippen molar-refractivity contribution >= 4 is 22.9 Å². The highest BCUT2D eigenvalue weighted by atomic mass is 32.1. The average molecular weight is 372 g/mol. The molecule has 6 heteroatoms. The maximum atomic E-state index is 12.7. The number of rotatable bonds is 4. The number of nitrogens with zero attached hydrogens (tertiary/aromatic N) is 2. The van der Waals surface area contributed by atoms with Crippen LogP contribution < -0.4 is 5.32 Å². The van der Waals surface area contributed by atoms with Crippen LogP contribution in [0.3, 0.4) is 0 Å². The maximum absolute atomic E-state index is 12.7. The number of carbonyl (C=O) groups excluding carboxylic acids is 1. The normalized spacial score (nSPS) is 21.1. The van der Waals surface area contributed by atoms with Crippen molar-refractivity contribution in [3.05, 3.63) is 45.9 Å². The van der Waals surface area contributed by atoms with Gasteiger partial charge < -0.3 is 15.0 Å². The van der Waals surface area contributed by atoms with E-state index in [-0.39, 0.29) is 12.0 Å². The highest BCUT2D eigenvalue weighted by Gasteiger charge is 2.27. The Morgan fingerprint density at radius 3 is 2.88 bits per heavy atom. The van der Waals surface area contributed by atoms with Crippen LogP contribution in [0.2, 0.25) is 0 Å². The second kappa shape index (κ2) is 7.76. The second-order valence-electron chi connectivity index (χ2n) is 7.15. The van der Waals surface area contributed by atoms with Crippen molar-refractivity contribution in [1.82, 2.24) is 9.88 Å². The Kier molecular flexibility index (Phi) is 5.22. The summed E-state index contributed by atoms with van der Waals surface area (Å²) in [6, 6.07) is 8.86. The summed E-state index contributed by atoms with van der Waals surface area (Å²) >= 11 is 1.55. The molecule has 3 heterocycles. The summed E-state index contributed by atoms with van der Waals surface area (Å²) in [5.74, 6) is 0.0551. The van der Waals surface area contributed by atoms with Gasteiger partial charge in [-0.2, -0.15) is 0 Å². The van der Waals surface area contributed by atoms with Crippen molar-refractivity contribution in [3.8, 4) is 0 Å². The number of hydrogen-bond acceptors (Lipinski definition) is 5. The van der Waals surface area contributed by atoms with E-state index in [9.17, 15) is 4.79 Å². The minimum Gasteiger partial charge on any atom is -0.382 e. The van der Waals surface area contributed by atoms with Gasteiger partial charge in [0.05, 0.1) is 0 Å². The minimum atomic E-state index is 0.0551. The number of hydrogen-bond donors (Lipinski definition) is 1. The molecule has 2 saturated heterocycles. The Bertz CT molecular complexity index is 762. The molecule has 0 spiro atoms. The van der Waals surface area contributed by atoms with Gasteiger partial charge in [0.15, 0.2) is 0 Å². The van der Waals surface area contributed by atoms with Crippen molar-refractivity contribution in [2.75, 3.05) is 25.0 Å². The minimum absolute atomic E-state index is 0.0551. The number of ether oxygens (including phenoxy) is 1. The highest BCUT2D eigenvalue weighted by Crippen LogP contribution is 2.31. The molecule has 0 radical (unpaired) electrons. The van der Waals surface area contributed by atoms with E-state index in [2.05, 4.69) is 41.5 Å². The van der Waals surface area contributed by atoms with Crippen molar-refractivity contribution in [2.24, 2.45) is 0 Å². The molecular weight excluding hydrogens is 346 g/mol. The largest absolute Gasteiger partial charge is 0.382 e. The van der Waals surface area contributed by atoms with Crippen LogP contribution in [0.1, 0.15) is 52.8 Å². The van der Waals surface area contributed by atoms with Gasteiger partial charge >= 0.3 is 0 Å². The molecule has 1 N–H and O–H groups in total. The Hall–Kier alpha value is -1.92. The number of carbonyl (C=O) groups is 1. The van der Waals surface area contributed by atoms with E-state index in [4.69, 9.17) is 4.74 Å². The molecule has 2 fully saturated rings. The SMILES string of the molecule is Cc1cccc(NC2CCN(C(=O)c3csc(C4CCCO4)n3)CC2)c1. The predicted molar refractivity (Wildman–Crippen MR) is 104 cm³/mol. The number of amides is 1. The second-order valence-corrected chi connectivity index (χ2v) is 8.04. The molecular formula is C20H25N3O2S. The summed E-state index contributed by atoms with van der Waals surface area (Å²) in [6.45, 7) is 4.45. The van der Waals surface area contributed by atoms with Gasteiger partial charge in [-0.05, 0) is 50.3 Å². The standard InChI is InChI=1S/C20H25N3O2S/c1-14-4-2-5-16(12-14)21-15-7-9-23(10-8-15)20(24)17-13-26-19(22-17)18-6-3-11-25-18/h2,4-5,12-13,15,18,21H,3,6-11H2,1H3. The van der Waals surface area contributed by atoms with E-state index in [0.29, 0.717) is 11.7 Å². The Morgan fingerprint density at radius 1 is 1.31 bits per heavy atom. The van der Waals surface area contributed by atoms with Gasteiger partial charge in [-0.3, -0.25) is 4.79 Å². The first-order chi connectivity index (χ1) is 12.7. The van der Waals surface area contributed by atoms with E-state index < -0.39 is 0 Å².